The maximum absolute atomic E-state index is 2.70. The Bertz CT molecular complexity index is 1570. The fourth-order valence-corrected chi connectivity index (χ4v) is 12.9. The van der Waals surface area contributed by atoms with Gasteiger partial charge in [0.05, 0.1) is 8.07 Å². The monoisotopic (exact) mass is 580 g/mol. The Balaban J connectivity index is 1.51. The van der Waals surface area contributed by atoms with Gasteiger partial charge in [0.1, 0.15) is 0 Å². The quantitative estimate of drug-likeness (QED) is 0.182. The van der Waals surface area contributed by atoms with Crippen molar-refractivity contribution in [3.8, 4) is 22.3 Å². The van der Waals surface area contributed by atoms with Crippen molar-refractivity contribution in [3.63, 3.8) is 0 Å². The molecule has 0 N–H and O–H groups in total. The van der Waals surface area contributed by atoms with Crippen molar-refractivity contribution in [1.29, 1.82) is 0 Å². The van der Waals surface area contributed by atoms with Gasteiger partial charge in [-0.15, -0.1) is 0 Å². The molecule has 4 aromatic rings. The van der Waals surface area contributed by atoms with Crippen molar-refractivity contribution in [3.05, 3.63) is 129 Å². The Morgan fingerprint density at radius 1 is 0.535 bits per heavy atom. The van der Waals surface area contributed by atoms with E-state index in [1.165, 1.54) is 44.5 Å². The van der Waals surface area contributed by atoms with E-state index < -0.39 is 8.07 Å². The molecule has 43 heavy (non-hydrogen) atoms. The summed E-state index contributed by atoms with van der Waals surface area (Å²) < 4.78 is 0. The number of fused-ring (bicyclic) bond motifs is 2. The Hall–Kier alpha value is -3.42. The molecule has 2 aliphatic carbocycles. The second-order valence-corrected chi connectivity index (χ2v) is 19.5. The molecule has 2 aliphatic rings. The van der Waals surface area contributed by atoms with Gasteiger partial charge in [0.15, 0.2) is 0 Å². The highest BCUT2D eigenvalue weighted by Gasteiger charge is 2.48. The first-order chi connectivity index (χ1) is 20.5. The molecule has 0 amide bonds. The molecule has 0 aliphatic heterocycles. The molecule has 4 aromatic carbocycles. The van der Waals surface area contributed by atoms with Gasteiger partial charge in [-0.2, -0.15) is 0 Å². The van der Waals surface area contributed by atoms with E-state index in [9.17, 15) is 0 Å². The van der Waals surface area contributed by atoms with Crippen molar-refractivity contribution < 1.29 is 0 Å². The third-order valence-corrected chi connectivity index (χ3v) is 14.1. The Morgan fingerprint density at radius 2 is 0.907 bits per heavy atom. The van der Waals surface area contributed by atoms with E-state index in [-0.39, 0.29) is 0 Å². The lowest BCUT2D eigenvalue weighted by Gasteiger charge is -2.41. The standard InChI is InChI=1S/C42H48Si/c1-27(2)23-33-25-39-35(31-19-15-29(5)16-20-31)11-9-13-37(39)41(33)43(7,8)42-34(24-28(3)4)26-40-36(12-10-14-38(40)42)32-21-17-30(6)18-22-32/h9-22,25-28,41-42H,23-24H2,1-8H3. The number of hydrogen-bond acceptors (Lipinski definition) is 0. The van der Waals surface area contributed by atoms with Crippen molar-refractivity contribution >= 4 is 20.2 Å². The number of rotatable bonds is 8. The second-order valence-electron chi connectivity index (χ2n) is 14.7. The molecule has 0 radical (unpaired) electrons. The highest BCUT2D eigenvalue weighted by Crippen LogP contribution is 2.56. The SMILES string of the molecule is Cc1ccc(-c2cccc3c2C=C(CC(C)C)C3[Si](C)(C)C2C(CC(C)C)=Cc3c(-c4ccc(C)cc4)cccc32)cc1. The smallest absolute Gasteiger partial charge is 0.0679 e. The average molecular weight is 581 g/mol. The molecule has 2 unspecified atom stereocenters. The topological polar surface area (TPSA) is 0 Å². The molecule has 1 heteroatoms. The summed E-state index contributed by atoms with van der Waals surface area (Å²) in [5.74, 6) is 1.26. The number of hydrogen-bond donors (Lipinski definition) is 0. The van der Waals surface area contributed by atoms with Crippen LogP contribution in [-0.4, -0.2) is 8.07 Å². The molecule has 0 fully saturated rings. The molecule has 0 saturated heterocycles. The fraction of sp³-hybridized carbons (Fsp3) is 0.333. The first kappa shape index (κ1) is 29.6. The third kappa shape index (κ3) is 5.53. The molecule has 0 saturated carbocycles. The minimum absolute atomic E-state index is 0.504. The zero-order chi connectivity index (χ0) is 30.5. The van der Waals surface area contributed by atoms with Crippen LogP contribution in [-0.2, 0) is 0 Å². The van der Waals surface area contributed by atoms with Crippen LogP contribution < -0.4 is 0 Å². The average Bonchev–Trinajstić information content (AvgIpc) is 3.51. The predicted octanol–water partition coefficient (Wildman–Crippen LogP) is 12.2. The van der Waals surface area contributed by atoms with Crippen molar-refractivity contribution in [2.45, 2.75) is 78.6 Å². The van der Waals surface area contributed by atoms with Crippen molar-refractivity contribution in [2.75, 3.05) is 0 Å². The van der Waals surface area contributed by atoms with Gasteiger partial charge in [-0.1, -0.05) is 160 Å². The Morgan fingerprint density at radius 3 is 1.26 bits per heavy atom. The molecule has 0 spiro atoms. The number of benzene rings is 4. The third-order valence-electron chi connectivity index (χ3n) is 9.80. The van der Waals surface area contributed by atoms with Crippen LogP contribution in [0.1, 0.15) is 85.0 Å². The lowest BCUT2D eigenvalue weighted by molar-refractivity contribution is 0.623. The molecular formula is C42H48Si. The molecule has 0 bridgehead atoms. The van der Waals surface area contributed by atoms with Gasteiger partial charge in [0.2, 0.25) is 0 Å². The van der Waals surface area contributed by atoms with Gasteiger partial charge >= 0.3 is 0 Å². The molecule has 0 aromatic heterocycles. The Kier molecular flexibility index (Phi) is 7.98. The van der Waals surface area contributed by atoms with Crippen LogP contribution >= 0.6 is 0 Å². The fourth-order valence-electron chi connectivity index (χ4n) is 8.12. The van der Waals surface area contributed by atoms with Gasteiger partial charge < -0.3 is 0 Å². The number of aryl methyl sites for hydroxylation is 2. The first-order valence-corrected chi connectivity index (χ1v) is 19.5. The second kappa shape index (κ2) is 11.6. The van der Waals surface area contributed by atoms with Gasteiger partial charge in [0.25, 0.3) is 0 Å². The highest BCUT2D eigenvalue weighted by molar-refractivity contribution is 6.81. The lowest BCUT2D eigenvalue weighted by Crippen LogP contribution is -2.43. The summed E-state index contributed by atoms with van der Waals surface area (Å²) in [6, 6.07) is 32.5. The normalized spacial score (nSPS) is 17.7. The van der Waals surface area contributed by atoms with Crippen LogP contribution in [0.5, 0.6) is 0 Å². The van der Waals surface area contributed by atoms with E-state index in [1.807, 2.05) is 0 Å². The summed E-state index contributed by atoms with van der Waals surface area (Å²) >= 11 is 0. The zero-order valence-corrected chi connectivity index (χ0v) is 28.5. The Labute approximate surface area is 261 Å². The molecule has 2 atom stereocenters. The highest BCUT2D eigenvalue weighted by atomic mass is 28.3. The summed E-state index contributed by atoms with van der Waals surface area (Å²) in [7, 11) is -2.00. The van der Waals surface area contributed by atoms with Crippen LogP contribution in [0.4, 0.5) is 0 Å². The minimum atomic E-state index is -2.00. The maximum atomic E-state index is 2.70. The predicted molar refractivity (Wildman–Crippen MR) is 191 cm³/mol. The van der Waals surface area contributed by atoms with Crippen LogP contribution in [0.3, 0.4) is 0 Å². The van der Waals surface area contributed by atoms with E-state index in [2.05, 4.69) is 152 Å². The summed E-state index contributed by atoms with van der Waals surface area (Å²) in [4.78, 5) is 0. The maximum Gasteiger partial charge on any atom is 0.0722 e. The summed E-state index contributed by atoms with van der Waals surface area (Å²) in [5.41, 5.74) is 18.5. The summed E-state index contributed by atoms with van der Waals surface area (Å²) in [6.45, 7) is 19.3. The molecular weight excluding hydrogens is 533 g/mol. The van der Waals surface area contributed by atoms with Crippen molar-refractivity contribution in [2.24, 2.45) is 11.8 Å². The molecule has 0 nitrogen and oxygen atoms in total. The van der Waals surface area contributed by atoms with E-state index in [0.717, 1.165) is 12.8 Å². The van der Waals surface area contributed by atoms with Gasteiger partial charge in [-0.25, -0.2) is 0 Å². The first-order valence-electron chi connectivity index (χ1n) is 16.4. The zero-order valence-electron chi connectivity index (χ0n) is 27.5. The number of allylic oxidation sites excluding steroid dienone is 2. The van der Waals surface area contributed by atoms with Crippen LogP contribution in [0, 0.1) is 25.7 Å². The van der Waals surface area contributed by atoms with E-state index in [4.69, 9.17) is 0 Å². The van der Waals surface area contributed by atoms with E-state index in [1.54, 1.807) is 22.3 Å². The summed E-state index contributed by atoms with van der Waals surface area (Å²) in [5, 5.41) is 0. The summed E-state index contributed by atoms with van der Waals surface area (Å²) in [6.07, 6.45) is 7.54. The van der Waals surface area contributed by atoms with Crippen LogP contribution in [0.2, 0.25) is 13.1 Å². The van der Waals surface area contributed by atoms with Gasteiger partial charge in [-0.05, 0) is 83.0 Å². The van der Waals surface area contributed by atoms with E-state index in [0.29, 0.717) is 22.9 Å². The van der Waals surface area contributed by atoms with E-state index >= 15 is 0 Å². The molecule has 220 valence electrons. The molecule has 6 rings (SSSR count). The van der Waals surface area contributed by atoms with Gasteiger partial charge in [-0.3, -0.25) is 0 Å². The minimum Gasteiger partial charge on any atom is -0.0679 e. The lowest BCUT2D eigenvalue weighted by atomic mass is 9.96. The van der Waals surface area contributed by atoms with Crippen LogP contribution in [0.15, 0.2) is 96.1 Å². The van der Waals surface area contributed by atoms with Gasteiger partial charge in [0, 0.05) is 11.1 Å². The van der Waals surface area contributed by atoms with Crippen LogP contribution in [0.25, 0.3) is 34.4 Å². The molecule has 0 heterocycles. The largest absolute Gasteiger partial charge is 0.0722 e. The van der Waals surface area contributed by atoms with Crippen molar-refractivity contribution in [1.82, 2.24) is 0 Å².